The normalized spacial score (nSPS) is 24.0. The van der Waals surface area contributed by atoms with E-state index in [2.05, 4.69) is 5.10 Å². The Balaban J connectivity index is 1.58. The number of piperidine rings is 1. The summed E-state index contributed by atoms with van der Waals surface area (Å²) in [7, 11) is 3.43. The average Bonchev–Trinajstić information content (AvgIpc) is 3.06. The predicted octanol–water partition coefficient (Wildman–Crippen LogP) is 2.25. The van der Waals surface area contributed by atoms with Crippen LogP contribution in [-0.2, 0) is 20.9 Å². The Bertz CT molecular complexity index is 776. The van der Waals surface area contributed by atoms with Crippen molar-refractivity contribution < 1.29 is 23.5 Å². The summed E-state index contributed by atoms with van der Waals surface area (Å²) in [5.41, 5.74) is 0.708. The summed E-state index contributed by atoms with van der Waals surface area (Å²) < 4.78 is 25.4. The first-order valence-corrected chi connectivity index (χ1v) is 10.2. The minimum atomic E-state index is -1.58. The van der Waals surface area contributed by atoms with Crippen LogP contribution in [0.25, 0.3) is 0 Å². The van der Waals surface area contributed by atoms with Gasteiger partial charge in [0.05, 0.1) is 6.61 Å². The van der Waals surface area contributed by atoms with E-state index in [-0.39, 0.29) is 31.1 Å². The number of benzene rings is 1. The molecular formula is C21H29FN4O4. The van der Waals surface area contributed by atoms with E-state index in [4.69, 9.17) is 9.47 Å². The second-order valence-corrected chi connectivity index (χ2v) is 7.54. The molecule has 0 bridgehead atoms. The van der Waals surface area contributed by atoms with Gasteiger partial charge in [0.2, 0.25) is 0 Å². The van der Waals surface area contributed by atoms with Gasteiger partial charge in [-0.2, -0.15) is 5.10 Å². The molecule has 3 atom stereocenters. The fourth-order valence-electron chi connectivity index (χ4n) is 3.92. The lowest BCUT2D eigenvalue weighted by atomic mass is 10.0. The molecule has 164 valence electrons. The van der Waals surface area contributed by atoms with Crippen molar-refractivity contribution in [2.45, 2.75) is 44.8 Å². The topological polar surface area (TPSA) is 74.7 Å². The lowest BCUT2D eigenvalue weighted by molar-refractivity contribution is -0.135. The van der Waals surface area contributed by atoms with Crippen molar-refractivity contribution in [3.63, 3.8) is 0 Å². The number of carbonyl (C=O) groups is 2. The molecule has 1 amide bonds. The van der Waals surface area contributed by atoms with Gasteiger partial charge in [-0.25, -0.2) is 14.0 Å². The van der Waals surface area contributed by atoms with E-state index in [9.17, 15) is 9.59 Å². The van der Waals surface area contributed by atoms with Crippen LogP contribution in [0.5, 0.6) is 0 Å². The lowest BCUT2D eigenvalue weighted by Crippen LogP contribution is -2.56. The molecule has 0 aromatic heterocycles. The van der Waals surface area contributed by atoms with E-state index in [1.807, 2.05) is 35.2 Å². The van der Waals surface area contributed by atoms with E-state index in [0.717, 1.165) is 18.4 Å². The van der Waals surface area contributed by atoms with Gasteiger partial charge in [0.1, 0.15) is 12.8 Å². The van der Waals surface area contributed by atoms with Crippen molar-refractivity contribution in [2.75, 3.05) is 33.8 Å². The van der Waals surface area contributed by atoms with Crippen molar-refractivity contribution in [1.29, 1.82) is 0 Å². The highest BCUT2D eigenvalue weighted by atomic mass is 19.1. The van der Waals surface area contributed by atoms with Crippen molar-refractivity contribution in [3.8, 4) is 0 Å². The van der Waals surface area contributed by atoms with E-state index in [0.29, 0.717) is 13.1 Å². The van der Waals surface area contributed by atoms with E-state index in [1.165, 1.54) is 5.01 Å². The maximum absolute atomic E-state index is 15.0. The highest BCUT2D eigenvalue weighted by Crippen LogP contribution is 2.26. The number of amides is 1. The first kappa shape index (κ1) is 22.0. The van der Waals surface area contributed by atoms with Crippen LogP contribution in [-0.4, -0.2) is 84.8 Å². The fourth-order valence-corrected chi connectivity index (χ4v) is 3.92. The van der Waals surface area contributed by atoms with Gasteiger partial charge in [-0.3, -0.25) is 9.91 Å². The second-order valence-electron chi connectivity index (χ2n) is 7.54. The molecule has 0 spiro atoms. The third kappa shape index (κ3) is 4.89. The van der Waals surface area contributed by atoms with E-state index < -0.39 is 18.3 Å². The van der Waals surface area contributed by atoms with Gasteiger partial charge in [-0.15, -0.1) is 0 Å². The molecule has 0 N–H and O–H groups in total. The molecular weight excluding hydrogens is 391 g/mol. The van der Waals surface area contributed by atoms with Crippen molar-refractivity contribution in [1.82, 2.24) is 14.8 Å². The highest BCUT2D eigenvalue weighted by Gasteiger charge is 2.45. The van der Waals surface area contributed by atoms with Crippen LogP contribution >= 0.6 is 0 Å². The molecule has 8 nitrogen and oxygen atoms in total. The smallest absolute Gasteiger partial charge is 0.410 e. The molecule has 3 rings (SSSR count). The van der Waals surface area contributed by atoms with Crippen molar-refractivity contribution >= 4 is 17.8 Å². The Kier molecular flexibility index (Phi) is 7.25. The van der Waals surface area contributed by atoms with E-state index >= 15 is 4.39 Å². The Morgan fingerprint density at radius 2 is 2.00 bits per heavy atom. The maximum atomic E-state index is 15.0. The van der Waals surface area contributed by atoms with Crippen LogP contribution in [0.15, 0.2) is 35.4 Å². The van der Waals surface area contributed by atoms with Gasteiger partial charge in [0.25, 0.3) is 0 Å². The zero-order valence-corrected chi connectivity index (χ0v) is 17.7. The highest BCUT2D eigenvalue weighted by molar-refractivity contribution is 6.38. The molecule has 9 heteroatoms. The van der Waals surface area contributed by atoms with Gasteiger partial charge >= 0.3 is 12.1 Å². The number of likely N-dealkylation sites (tertiary alicyclic amines) is 1. The molecule has 30 heavy (non-hydrogen) atoms. The Morgan fingerprint density at radius 1 is 1.27 bits per heavy atom. The Morgan fingerprint density at radius 3 is 2.70 bits per heavy atom. The van der Waals surface area contributed by atoms with Crippen LogP contribution in [0.2, 0.25) is 0 Å². The monoisotopic (exact) mass is 420 g/mol. The number of hydrogen-bond acceptors (Lipinski definition) is 7. The summed E-state index contributed by atoms with van der Waals surface area (Å²) in [6, 6.07) is 9.42. The number of ether oxygens (including phenoxy) is 2. The van der Waals surface area contributed by atoms with Crippen LogP contribution in [0.3, 0.4) is 0 Å². The number of hydrogen-bond donors (Lipinski definition) is 0. The summed E-state index contributed by atoms with van der Waals surface area (Å²) in [5, 5.41) is 5.50. The van der Waals surface area contributed by atoms with Gasteiger partial charge in [-0.05, 0) is 32.4 Å². The lowest BCUT2D eigenvalue weighted by Gasteiger charge is -2.41. The number of halogens is 1. The largest absolute Gasteiger partial charge is 0.461 e. The number of esters is 1. The second kappa shape index (κ2) is 9.88. The van der Waals surface area contributed by atoms with Gasteiger partial charge < -0.3 is 14.4 Å². The fraction of sp³-hybridized carbons (Fsp3) is 0.571. The first-order chi connectivity index (χ1) is 14.4. The SMILES string of the molecule is CCOC(=O)C1=NN(C)C(N(C)[C@H]2CCCN(C(=O)OCc3ccccc3)C2)C1F. The molecule has 2 heterocycles. The first-order valence-electron chi connectivity index (χ1n) is 10.2. The standard InChI is InChI=1S/C21H29FN4O4/c1-4-29-20(27)18-17(22)19(25(3)23-18)24(2)16-11-8-12-26(13-16)21(28)30-14-15-9-6-5-7-10-15/h5-7,9-10,16-17,19H,4,8,11-14H2,1-3H3/t16-,17?,19?/m0/s1. The average molecular weight is 420 g/mol. The minimum Gasteiger partial charge on any atom is -0.461 e. The maximum Gasteiger partial charge on any atom is 0.410 e. The number of hydrazone groups is 1. The molecule has 0 saturated carbocycles. The summed E-state index contributed by atoms with van der Waals surface area (Å²) in [4.78, 5) is 28.0. The number of likely N-dealkylation sites (N-methyl/N-ethyl adjacent to an activating group) is 1. The molecule has 0 aliphatic carbocycles. The minimum absolute atomic E-state index is 0.0783. The van der Waals surface area contributed by atoms with Crippen molar-refractivity contribution in [3.05, 3.63) is 35.9 Å². The molecule has 0 radical (unpaired) electrons. The number of alkyl halides is 1. The van der Waals surface area contributed by atoms with Gasteiger partial charge in [0.15, 0.2) is 11.9 Å². The number of nitrogens with zero attached hydrogens (tertiary/aromatic N) is 4. The zero-order chi connectivity index (χ0) is 21.7. The Labute approximate surface area is 176 Å². The zero-order valence-electron chi connectivity index (χ0n) is 17.7. The molecule has 2 unspecified atom stereocenters. The van der Waals surface area contributed by atoms with Crippen LogP contribution in [0.1, 0.15) is 25.3 Å². The quantitative estimate of drug-likeness (QED) is 0.657. The summed E-state index contributed by atoms with van der Waals surface area (Å²) in [6.07, 6.45) is -1.09. The Hall–Kier alpha value is -2.68. The summed E-state index contributed by atoms with van der Waals surface area (Å²) >= 11 is 0. The van der Waals surface area contributed by atoms with E-state index in [1.54, 1.807) is 25.9 Å². The van der Waals surface area contributed by atoms with Crippen LogP contribution < -0.4 is 0 Å². The molecule has 2 aliphatic heterocycles. The molecule has 1 saturated heterocycles. The molecule has 2 aliphatic rings. The van der Waals surface area contributed by atoms with Crippen LogP contribution in [0, 0.1) is 0 Å². The predicted molar refractivity (Wildman–Crippen MR) is 110 cm³/mol. The summed E-state index contributed by atoms with van der Waals surface area (Å²) in [5.74, 6) is -0.734. The molecule has 1 aromatic rings. The van der Waals surface area contributed by atoms with Crippen molar-refractivity contribution in [2.24, 2.45) is 5.10 Å². The molecule has 1 aromatic carbocycles. The van der Waals surface area contributed by atoms with Gasteiger partial charge in [-0.1, -0.05) is 30.3 Å². The van der Waals surface area contributed by atoms with Gasteiger partial charge in [0, 0.05) is 26.2 Å². The molecule has 1 fully saturated rings. The summed E-state index contributed by atoms with van der Waals surface area (Å²) in [6.45, 7) is 3.07. The number of rotatable bonds is 6. The van der Waals surface area contributed by atoms with Crippen LogP contribution in [0.4, 0.5) is 9.18 Å². The number of carbonyl (C=O) groups excluding carboxylic acids is 2. The third-order valence-corrected chi connectivity index (χ3v) is 5.51. The third-order valence-electron chi connectivity index (χ3n) is 5.51.